The van der Waals surface area contributed by atoms with Crippen LogP contribution in [0, 0.1) is 0 Å². The molecule has 1 aromatic heterocycles. The quantitative estimate of drug-likeness (QED) is 0.554. The Hall–Kier alpha value is -0.930. The Morgan fingerprint density at radius 1 is 1.16 bits per heavy atom. The van der Waals surface area contributed by atoms with Crippen molar-refractivity contribution < 1.29 is 4.39 Å². The summed E-state index contributed by atoms with van der Waals surface area (Å²) in [6.07, 6.45) is 12.0. The maximum atomic E-state index is 12.1. The molecular formula is C15H28FN3. The van der Waals surface area contributed by atoms with Crippen LogP contribution in [0.5, 0.6) is 0 Å². The number of unbranched alkanes of at least 4 members (excludes halogenated alkanes) is 4. The third kappa shape index (κ3) is 6.17. The van der Waals surface area contributed by atoms with Gasteiger partial charge < -0.3 is 0 Å². The Bertz CT molecular complexity index is 325. The third-order valence-corrected chi connectivity index (χ3v) is 3.61. The van der Waals surface area contributed by atoms with Crippen LogP contribution in [0.1, 0.15) is 76.9 Å². The molecule has 1 unspecified atom stereocenters. The van der Waals surface area contributed by atoms with E-state index in [4.69, 9.17) is 0 Å². The normalized spacial score (nSPS) is 12.8. The number of aryl methyl sites for hydroxylation is 1. The molecule has 0 amide bonds. The van der Waals surface area contributed by atoms with Crippen molar-refractivity contribution in [2.45, 2.75) is 77.7 Å². The van der Waals surface area contributed by atoms with E-state index in [-0.39, 0.29) is 6.67 Å². The monoisotopic (exact) mass is 269 g/mol. The second-order valence-corrected chi connectivity index (χ2v) is 5.25. The van der Waals surface area contributed by atoms with E-state index in [1.54, 1.807) is 0 Å². The highest BCUT2D eigenvalue weighted by molar-refractivity contribution is 4.93. The van der Waals surface area contributed by atoms with Crippen LogP contribution < -0.4 is 0 Å². The van der Waals surface area contributed by atoms with Gasteiger partial charge in [0, 0.05) is 6.20 Å². The summed E-state index contributed by atoms with van der Waals surface area (Å²) >= 11 is 0. The molecule has 1 atom stereocenters. The lowest BCUT2D eigenvalue weighted by Crippen LogP contribution is -2.09. The summed E-state index contributed by atoms with van der Waals surface area (Å²) in [5, 5.41) is 8.33. The molecule has 0 saturated carbocycles. The van der Waals surface area contributed by atoms with Crippen molar-refractivity contribution in [1.29, 1.82) is 0 Å². The Balaban J connectivity index is 2.34. The van der Waals surface area contributed by atoms with Crippen molar-refractivity contribution in [3.63, 3.8) is 0 Å². The van der Waals surface area contributed by atoms with Crippen molar-refractivity contribution in [1.82, 2.24) is 15.0 Å². The smallest absolute Gasteiger partial charge is 0.0898 e. The van der Waals surface area contributed by atoms with Gasteiger partial charge in [-0.15, -0.1) is 5.10 Å². The molecule has 0 aliphatic carbocycles. The van der Waals surface area contributed by atoms with Crippen LogP contribution in [-0.2, 0) is 6.42 Å². The second-order valence-electron chi connectivity index (χ2n) is 5.25. The van der Waals surface area contributed by atoms with E-state index >= 15 is 0 Å². The Labute approximate surface area is 116 Å². The number of hydrogen-bond donors (Lipinski definition) is 0. The van der Waals surface area contributed by atoms with E-state index in [1.807, 2.05) is 10.9 Å². The molecule has 1 heterocycles. The van der Waals surface area contributed by atoms with Crippen LogP contribution in [0.25, 0.3) is 0 Å². The van der Waals surface area contributed by atoms with Gasteiger partial charge in [0.15, 0.2) is 0 Å². The molecule has 110 valence electrons. The van der Waals surface area contributed by atoms with Crippen molar-refractivity contribution in [3.8, 4) is 0 Å². The highest BCUT2D eigenvalue weighted by atomic mass is 19.1. The summed E-state index contributed by atoms with van der Waals surface area (Å²) in [6.45, 7) is 4.16. The van der Waals surface area contributed by atoms with Gasteiger partial charge in [-0.1, -0.05) is 51.2 Å². The summed E-state index contributed by atoms with van der Waals surface area (Å²) < 4.78 is 14.1. The first-order valence-electron chi connectivity index (χ1n) is 7.78. The molecule has 3 nitrogen and oxygen atoms in total. The Kier molecular flexibility index (Phi) is 8.43. The topological polar surface area (TPSA) is 30.7 Å². The predicted octanol–water partition coefficient (Wildman–Crippen LogP) is 4.49. The fraction of sp³-hybridized carbons (Fsp3) is 0.867. The zero-order valence-electron chi connectivity index (χ0n) is 12.4. The van der Waals surface area contributed by atoms with Crippen LogP contribution in [0.4, 0.5) is 4.39 Å². The van der Waals surface area contributed by atoms with Crippen LogP contribution >= 0.6 is 0 Å². The van der Waals surface area contributed by atoms with Gasteiger partial charge in [-0.3, -0.25) is 4.39 Å². The molecule has 4 heteroatoms. The zero-order valence-corrected chi connectivity index (χ0v) is 12.4. The number of aromatic nitrogens is 3. The van der Waals surface area contributed by atoms with E-state index in [1.165, 1.54) is 38.5 Å². The minimum Gasteiger partial charge on any atom is -0.251 e. The van der Waals surface area contributed by atoms with Gasteiger partial charge >= 0.3 is 0 Å². The van der Waals surface area contributed by atoms with E-state index < -0.39 is 0 Å². The van der Waals surface area contributed by atoms with Gasteiger partial charge in [0.2, 0.25) is 0 Å². The van der Waals surface area contributed by atoms with E-state index in [0.29, 0.717) is 18.9 Å². The average molecular weight is 269 g/mol. The lowest BCUT2D eigenvalue weighted by molar-refractivity contribution is 0.386. The third-order valence-electron chi connectivity index (χ3n) is 3.61. The van der Waals surface area contributed by atoms with Gasteiger partial charge in [0.05, 0.1) is 18.4 Å². The van der Waals surface area contributed by atoms with Gasteiger partial charge in [0.25, 0.3) is 0 Å². The van der Waals surface area contributed by atoms with Crippen LogP contribution in [0.2, 0.25) is 0 Å². The molecule has 0 aromatic carbocycles. The first-order valence-corrected chi connectivity index (χ1v) is 7.78. The molecule has 1 rings (SSSR count). The van der Waals surface area contributed by atoms with Crippen molar-refractivity contribution in [2.24, 2.45) is 0 Å². The first kappa shape index (κ1) is 16.1. The largest absolute Gasteiger partial charge is 0.251 e. The minimum absolute atomic E-state index is 0.276. The molecule has 0 saturated heterocycles. The Morgan fingerprint density at radius 3 is 2.63 bits per heavy atom. The maximum Gasteiger partial charge on any atom is 0.0898 e. The van der Waals surface area contributed by atoms with Crippen LogP contribution in [0.15, 0.2) is 6.20 Å². The summed E-state index contributed by atoms with van der Waals surface area (Å²) in [7, 11) is 0. The molecule has 0 fully saturated rings. The molecule has 0 aliphatic rings. The minimum atomic E-state index is -0.276. The van der Waals surface area contributed by atoms with E-state index in [2.05, 4.69) is 24.2 Å². The molecule has 0 radical (unpaired) electrons. The molecule has 1 aromatic rings. The van der Waals surface area contributed by atoms with Gasteiger partial charge in [-0.25, -0.2) is 4.68 Å². The number of rotatable bonds is 11. The van der Waals surface area contributed by atoms with Crippen LogP contribution in [0.3, 0.4) is 0 Å². The fourth-order valence-corrected chi connectivity index (χ4v) is 2.36. The number of nitrogens with zero attached hydrogens (tertiary/aromatic N) is 3. The van der Waals surface area contributed by atoms with Crippen molar-refractivity contribution >= 4 is 0 Å². The number of halogens is 1. The molecular weight excluding hydrogens is 241 g/mol. The Morgan fingerprint density at radius 2 is 1.95 bits per heavy atom. The summed E-state index contributed by atoms with van der Waals surface area (Å²) in [4.78, 5) is 0. The summed E-state index contributed by atoms with van der Waals surface area (Å²) in [6, 6.07) is 0.452. The van der Waals surface area contributed by atoms with E-state index in [0.717, 1.165) is 12.1 Å². The molecule has 0 aliphatic heterocycles. The summed E-state index contributed by atoms with van der Waals surface area (Å²) in [5.74, 6) is 0. The first-order chi connectivity index (χ1) is 9.31. The lowest BCUT2D eigenvalue weighted by Gasteiger charge is -2.14. The maximum absolute atomic E-state index is 12.1. The number of alkyl halides is 1. The second kappa shape index (κ2) is 9.93. The van der Waals surface area contributed by atoms with Gasteiger partial charge in [-0.05, 0) is 25.7 Å². The lowest BCUT2D eigenvalue weighted by atomic mass is 10.0. The molecule has 0 bridgehead atoms. The average Bonchev–Trinajstić information content (AvgIpc) is 2.89. The van der Waals surface area contributed by atoms with Crippen LogP contribution in [-0.4, -0.2) is 21.7 Å². The molecule has 19 heavy (non-hydrogen) atoms. The van der Waals surface area contributed by atoms with Gasteiger partial charge in [-0.2, -0.15) is 0 Å². The predicted molar refractivity (Wildman–Crippen MR) is 77.0 cm³/mol. The highest BCUT2D eigenvalue weighted by Crippen LogP contribution is 2.19. The van der Waals surface area contributed by atoms with E-state index in [9.17, 15) is 4.39 Å². The highest BCUT2D eigenvalue weighted by Gasteiger charge is 2.11. The standard InChI is InChI=1S/C15H28FN3/c1-3-5-6-7-8-11-15(4-2)19-13-14(17-18-19)10-9-12-16/h13,15H,3-12H2,1-2H3. The molecule has 0 spiro atoms. The number of hydrogen-bond acceptors (Lipinski definition) is 2. The fourth-order valence-electron chi connectivity index (χ4n) is 2.36. The van der Waals surface area contributed by atoms with Crippen molar-refractivity contribution in [3.05, 3.63) is 11.9 Å². The SMILES string of the molecule is CCCCCCCC(CC)n1cc(CCCF)nn1. The van der Waals surface area contributed by atoms with Gasteiger partial charge in [0.1, 0.15) is 0 Å². The molecule has 0 N–H and O–H groups in total. The zero-order chi connectivity index (χ0) is 13.9. The summed E-state index contributed by atoms with van der Waals surface area (Å²) in [5.41, 5.74) is 0.919. The van der Waals surface area contributed by atoms with Crippen molar-refractivity contribution in [2.75, 3.05) is 6.67 Å².